The molecule has 3 heterocycles. The molecule has 144 valence electrons. The number of piperidine rings is 1. The SMILES string of the molecule is Cc1nn2cccnc2c1C(=O)N1CCC(C(=O)NCc2ccccc2)CC1. The molecule has 1 saturated heterocycles. The Morgan fingerprint density at radius 1 is 1.14 bits per heavy atom. The second-order valence-electron chi connectivity index (χ2n) is 7.12. The molecule has 2 amide bonds. The Morgan fingerprint density at radius 3 is 2.64 bits per heavy atom. The average molecular weight is 377 g/mol. The highest BCUT2D eigenvalue weighted by molar-refractivity contribution is 6.01. The monoisotopic (exact) mass is 377 g/mol. The van der Waals surface area contributed by atoms with E-state index in [1.165, 1.54) is 0 Å². The molecule has 0 radical (unpaired) electrons. The Balaban J connectivity index is 1.36. The Kier molecular flexibility index (Phi) is 5.06. The van der Waals surface area contributed by atoms with Gasteiger partial charge in [-0.25, -0.2) is 9.50 Å². The highest BCUT2D eigenvalue weighted by Crippen LogP contribution is 2.22. The van der Waals surface area contributed by atoms with E-state index in [0.29, 0.717) is 49.4 Å². The zero-order valence-corrected chi connectivity index (χ0v) is 15.8. The Morgan fingerprint density at radius 2 is 1.89 bits per heavy atom. The molecule has 7 heteroatoms. The smallest absolute Gasteiger partial charge is 0.259 e. The fraction of sp³-hybridized carbons (Fsp3) is 0.333. The van der Waals surface area contributed by atoms with Crippen molar-refractivity contribution in [3.05, 3.63) is 65.6 Å². The molecule has 0 atom stereocenters. The second kappa shape index (κ2) is 7.80. The molecule has 1 aliphatic heterocycles. The molecule has 1 fully saturated rings. The van der Waals surface area contributed by atoms with Gasteiger partial charge >= 0.3 is 0 Å². The summed E-state index contributed by atoms with van der Waals surface area (Å²) in [6.45, 7) is 3.48. The first-order chi connectivity index (χ1) is 13.6. The highest BCUT2D eigenvalue weighted by Gasteiger charge is 2.30. The van der Waals surface area contributed by atoms with Crippen LogP contribution in [0.3, 0.4) is 0 Å². The first-order valence-corrected chi connectivity index (χ1v) is 9.54. The minimum absolute atomic E-state index is 0.0594. The topological polar surface area (TPSA) is 79.6 Å². The molecule has 4 rings (SSSR count). The number of amides is 2. The van der Waals surface area contributed by atoms with Crippen molar-refractivity contribution >= 4 is 17.5 Å². The van der Waals surface area contributed by atoms with Crippen molar-refractivity contribution in [3.63, 3.8) is 0 Å². The van der Waals surface area contributed by atoms with Crippen LogP contribution in [0, 0.1) is 12.8 Å². The Labute approximate surface area is 163 Å². The normalized spacial score (nSPS) is 15.0. The molecule has 0 bridgehead atoms. The molecular formula is C21H23N5O2. The maximum atomic E-state index is 13.0. The van der Waals surface area contributed by atoms with Gasteiger partial charge in [0.05, 0.1) is 5.69 Å². The van der Waals surface area contributed by atoms with E-state index in [2.05, 4.69) is 15.4 Å². The molecule has 1 N–H and O–H groups in total. The van der Waals surface area contributed by atoms with E-state index in [1.807, 2.05) is 37.3 Å². The molecule has 7 nitrogen and oxygen atoms in total. The summed E-state index contributed by atoms with van der Waals surface area (Å²) in [5, 5.41) is 7.38. The molecule has 1 aromatic carbocycles. The number of hydrogen-bond acceptors (Lipinski definition) is 4. The van der Waals surface area contributed by atoms with Gasteiger partial charge in [0, 0.05) is 37.9 Å². The van der Waals surface area contributed by atoms with E-state index in [9.17, 15) is 9.59 Å². The second-order valence-corrected chi connectivity index (χ2v) is 7.12. The third-order valence-corrected chi connectivity index (χ3v) is 5.25. The van der Waals surface area contributed by atoms with Crippen LogP contribution in [-0.2, 0) is 11.3 Å². The summed E-state index contributed by atoms with van der Waals surface area (Å²) in [5.41, 5.74) is 2.88. The molecule has 0 saturated carbocycles. The summed E-state index contributed by atoms with van der Waals surface area (Å²) in [4.78, 5) is 31.6. The Bertz CT molecular complexity index is 990. The number of rotatable bonds is 4. The Hall–Kier alpha value is -3.22. The number of fused-ring (bicyclic) bond motifs is 1. The summed E-state index contributed by atoms with van der Waals surface area (Å²) in [6.07, 6.45) is 4.78. The minimum atomic E-state index is -0.0608. The van der Waals surface area contributed by atoms with Crippen molar-refractivity contribution in [1.29, 1.82) is 0 Å². The maximum absolute atomic E-state index is 13.0. The quantitative estimate of drug-likeness (QED) is 0.756. The molecule has 2 aromatic heterocycles. The van der Waals surface area contributed by atoms with Crippen LogP contribution in [0.5, 0.6) is 0 Å². The summed E-state index contributed by atoms with van der Waals surface area (Å²) in [6, 6.07) is 11.7. The highest BCUT2D eigenvalue weighted by atomic mass is 16.2. The van der Waals surface area contributed by atoms with Crippen LogP contribution in [0.1, 0.15) is 34.5 Å². The lowest BCUT2D eigenvalue weighted by molar-refractivity contribution is -0.126. The average Bonchev–Trinajstić information content (AvgIpc) is 3.08. The van der Waals surface area contributed by atoms with Gasteiger partial charge in [-0.15, -0.1) is 0 Å². The van der Waals surface area contributed by atoms with Gasteiger partial charge < -0.3 is 10.2 Å². The third-order valence-electron chi connectivity index (χ3n) is 5.25. The van der Waals surface area contributed by atoms with Gasteiger partial charge in [-0.2, -0.15) is 5.10 Å². The standard InChI is InChI=1S/C21H23N5O2/c1-15-18(19-22-10-5-11-26(19)24-15)21(28)25-12-8-17(9-13-25)20(27)23-14-16-6-3-2-4-7-16/h2-7,10-11,17H,8-9,12-14H2,1H3,(H,23,27). The van der Waals surface area contributed by atoms with Crippen LogP contribution in [0.15, 0.2) is 48.8 Å². The summed E-state index contributed by atoms with van der Waals surface area (Å²) in [5.74, 6) is -0.0602. The van der Waals surface area contributed by atoms with Crippen LogP contribution in [0.2, 0.25) is 0 Å². The van der Waals surface area contributed by atoms with Gasteiger partial charge in [-0.05, 0) is 31.4 Å². The van der Waals surface area contributed by atoms with E-state index in [1.54, 1.807) is 27.9 Å². The number of nitrogens with one attached hydrogen (secondary N) is 1. The van der Waals surface area contributed by atoms with E-state index in [0.717, 1.165) is 5.56 Å². The summed E-state index contributed by atoms with van der Waals surface area (Å²) < 4.78 is 1.63. The zero-order valence-electron chi connectivity index (χ0n) is 15.8. The van der Waals surface area contributed by atoms with Gasteiger partial charge in [0.1, 0.15) is 5.56 Å². The number of nitrogens with zero attached hydrogens (tertiary/aromatic N) is 4. The number of aromatic nitrogens is 3. The first kappa shape index (κ1) is 18.2. The largest absolute Gasteiger partial charge is 0.352 e. The summed E-state index contributed by atoms with van der Waals surface area (Å²) >= 11 is 0. The van der Waals surface area contributed by atoms with Crippen LogP contribution in [0.4, 0.5) is 0 Å². The molecule has 0 unspecified atom stereocenters. The fourth-order valence-corrected chi connectivity index (χ4v) is 3.68. The van der Waals surface area contributed by atoms with Crippen LogP contribution in [0.25, 0.3) is 5.65 Å². The molecular weight excluding hydrogens is 354 g/mol. The van der Waals surface area contributed by atoms with Gasteiger partial charge in [0.15, 0.2) is 5.65 Å². The van der Waals surface area contributed by atoms with Gasteiger partial charge in [0.25, 0.3) is 5.91 Å². The van der Waals surface area contributed by atoms with Crippen molar-refractivity contribution < 1.29 is 9.59 Å². The van der Waals surface area contributed by atoms with Crippen LogP contribution in [-0.4, -0.2) is 44.4 Å². The number of aryl methyl sites for hydroxylation is 1. The van der Waals surface area contributed by atoms with E-state index < -0.39 is 0 Å². The van der Waals surface area contributed by atoms with Gasteiger partial charge in [0.2, 0.25) is 5.91 Å². The molecule has 28 heavy (non-hydrogen) atoms. The van der Waals surface area contributed by atoms with E-state index >= 15 is 0 Å². The molecule has 0 aliphatic carbocycles. The fourth-order valence-electron chi connectivity index (χ4n) is 3.68. The number of carbonyl (C=O) groups is 2. The van der Waals surface area contributed by atoms with Crippen LogP contribution >= 0.6 is 0 Å². The lowest BCUT2D eigenvalue weighted by Gasteiger charge is -2.31. The molecule has 1 aliphatic rings. The van der Waals surface area contributed by atoms with Gasteiger partial charge in [-0.3, -0.25) is 9.59 Å². The number of carbonyl (C=O) groups excluding carboxylic acids is 2. The lowest BCUT2D eigenvalue weighted by Crippen LogP contribution is -2.43. The summed E-state index contributed by atoms with van der Waals surface area (Å²) in [7, 11) is 0. The zero-order chi connectivity index (χ0) is 19.5. The lowest BCUT2D eigenvalue weighted by atomic mass is 9.95. The van der Waals surface area contributed by atoms with E-state index in [-0.39, 0.29) is 17.7 Å². The van der Waals surface area contributed by atoms with Crippen molar-refractivity contribution in [3.8, 4) is 0 Å². The first-order valence-electron chi connectivity index (χ1n) is 9.54. The molecule has 0 spiro atoms. The van der Waals surface area contributed by atoms with Crippen LogP contribution < -0.4 is 5.32 Å². The van der Waals surface area contributed by atoms with E-state index in [4.69, 9.17) is 0 Å². The molecule has 3 aromatic rings. The van der Waals surface area contributed by atoms with Crippen molar-refractivity contribution in [2.45, 2.75) is 26.3 Å². The maximum Gasteiger partial charge on any atom is 0.259 e. The van der Waals surface area contributed by atoms with Gasteiger partial charge in [-0.1, -0.05) is 30.3 Å². The third kappa shape index (κ3) is 3.60. The van der Waals surface area contributed by atoms with Crippen molar-refractivity contribution in [1.82, 2.24) is 24.8 Å². The number of benzene rings is 1. The predicted molar refractivity (Wildman–Crippen MR) is 105 cm³/mol. The van der Waals surface area contributed by atoms with Crippen molar-refractivity contribution in [2.24, 2.45) is 5.92 Å². The number of likely N-dealkylation sites (tertiary alicyclic amines) is 1. The number of hydrogen-bond donors (Lipinski definition) is 1. The van der Waals surface area contributed by atoms with Crippen molar-refractivity contribution in [2.75, 3.05) is 13.1 Å². The predicted octanol–water partition coefficient (Wildman–Crippen LogP) is 2.21. The minimum Gasteiger partial charge on any atom is -0.352 e.